The molecule has 1 aromatic heterocycles. The molecule has 1 atom stereocenters. The Kier molecular flexibility index (Phi) is 5.46. The zero-order valence-electron chi connectivity index (χ0n) is 12.8. The number of hydrogen-bond acceptors (Lipinski definition) is 5. The van der Waals surface area contributed by atoms with Gasteiger partial charge < -0.3 is 14.7 Å². The molecule has 0 aromatic carbocycles. The van der Waals surface area contributed by atoms with E-state index >= 15 is 0 Å². The quantitative estimate of drug-likeness (QED) is 0.857. The van der Waals surface area contributed by atoms with E-state index in [1.54, 1.807) is 11.3 Å². The van der Waals surface area contributed by atoms with Crippen LogP contribution in [0.1, 0.15) is 24.8 Å². The van der Waals surface area contributed by atoms with Gasteiger partial charge in [-0.2, -0.15) is 11.3 Å². The van der Waals surface area contributed by atoms with Gasteiger partial charge in [-0.05, 0) is 41.7 Å². The van der Waals surface area contributed by atoms with Gasteiger partial charge in [-0.25, -0.2) is 0 Å². The highest BCUT2D eigenvalue weighted by Crippen LogP contribution is 2.25. The fourth-order valence-corrected chi connectivity index (χ4v) is 4.14. The lowest BCUT2D eigenvalue weighted by atomic mass is 10.1. The van der Waals surface area contributed by atoms with Crippen LogP contribution in [0.15, 0.2) is 16.8 Å². The molecule has 2 saturated heterocycles. The van der Waals surface area contributed by atoms with Crippen molar-refractivity contribution in [1.82, 2.24) is 9.80 Å². The Labute approximate surface area is 135 Å². The predicted molar refractivity (Wildman–Crippen MR) is 85.8 cm³/mol. The number of ether oxygens (including phenoxy) is 1. The van der Waals surface area contributed by atoms with Crippen molar-refractivity contribution in [2.24, 2.45) is 0 Å². The van der Waals surface area contributed by atoms with E-state index in [0.717, 1.165) is 45.6 Å². The van der Waals surface area contributed by atoms with Crippen LogP contribution >= 0.6 is 11.3 Å². The van der Waals surface area contributed by atoms with Crippen LogP contribution in [0.25, 0.3) is 0 Å². The molecule has 22 heavy (non-hydrogen) atoms. The molecule has 122 valence electrons. The first-order valence-electron chi connectivity index (χ1n) is 8.04. The number of carbonyl (C=O) groups excluding carboxylic acids is 1. The molecule has 1 N–H and O–H groups in total. The van der Waals surface area contributed by atoms with E-state index in [4.69, 9.17) is 4.74 Å². The monoisotopic (exact) mass is 324 g/mol. The second-order valence-electron chi connectivity index (χ2n) is 6.01. The lowest BCUT2D eigenvalue weighted by Crippen LogP contribution is -2.46. The molecule has 5 nitrogen and oxygen atoms in total. The molecule has 0 aliphatic carbocycles. The molecule has 2 aliphatic rings. The molecule has 2 aliphatic heterocycles. The van der Waals surface area contributed by atoms with Crippen LogP contribution in [-0.2, 0) is 16.1 Å². The van der Waals surface area contributed by atoms with Crippen molar-refractivity contribution >= 4 is 17.2 Å². The average molecular weight is 324 g/mol. The van der Waals surface area contributed by atoms with Crippen molar-refractivity contribution in [2.75, 3.05) is 32.9 Å². The van der Waals surface area contributed by atoms with Crippen molar-refractivity contribution in [2.45, 2.75) is 37.9 Å². The first kappa shape index (κ1) is 15.9. The molecule has 3 heterocycles. The number of likely N-dealkylation sites (tertiary alicyclic amines) is 1. The minimum atomic E-state index is -0.0881. The van der Waals surface area contributed by atoms with E-state index in [2.05, 4.69) is 21.7 Å². The van der Waals surface area contributed by atoms with Gasteiger partial charge in [0.15, 0.2) is 0 Å². The molecule has 2 fully saturated rings. The zero-order chi connectivity index (χ0) is 15.4. The zero-order valence-corrected chi connectivity index (χ0v) is 13.6. The highest BCUT2D eigenvalue weighted by atomic mass is 32.1. The summed E-state index contributed by atoms with van der Waals surface area (Å²) in [5, 5.41) is 13.5. The molecule has 1 amide bonds. The van der Waals surface area contributed by atoms with Gasteiger partial charge in [-0.15, -0.1) is 0 Å². The normalized spacial score (nSPS) is 23.6. The summed E-state index contributed by atoms with van der Waals surface area (Å²) in [4.78, 5) is 17.0. The van der Waals surface area contributed by atoms with Crippen molar-refractivity contribution in [1.29, 1.82) is 0 Å². The van der Waals surface area contributed by atoms with Gasteiger partial charge >= 0.3 is 0 Å². The van der Waals surface area contributed by atoms with Crippen molar-refractivity contribution in [3.8, 4) is 0 Å². The van der Waals surface area contributed by atoms with E-state index in [9.17, 15) is 9.90 Å². The molecule has 1 unspecified atom stereocenters. The van der Waals surface area contributed by atoms with Crippen LogP contribution in [0.5, 0.6) is 0 Å². The second-order valence-corrected chi connectivity index (χ2v) is 6.79. The standard InChI is InChI=1S/C16H24N2O3S/c19-7-6-17(11-13-4-10-22-12-13)15-1-5-18(16(15)20)14-2-8-21-9-3-14/h4,10,12,14-15,19H,1-3,5-9,11H2. The summed E-state index contributed by atoms with van der Waals surface area (Å²) in [6.45, 7) is 3.73. The lowest BCUT2D eigenvalue weighted by molar-refractivity contribution is -0.135. The minimum absolute atomic E-state index is 0.0881. The summed E-state index contributed by atoms with van der Waals surface area (Å²) >= 11 is 1.67. The van der Waals surface area contributed by atoms with Gasteiger partial charge in [0.25, 0.3) is 0 Å². The first-order valence-corrected chi connectivity index (χ1v) is 8.98. The Morgan fingerprint density at radius 3 is 2.86 bits per heavy atom. The van der Waals surface area contributed by atoms with Crippen molar-refractivity contribution in [3.05, 3.63) is 22.4 Å². The van der Waals surface area contributed by atoms with Crippen LogP contribution in [0.2, 0.25) is 0 Å². The highest BCUT2D eigenvalue weighted by molar-refractivity contribution is 7.07. The highest BCUT2D eigenvalue weighted by Gasteiger charge is 2.39. The third-order valence-corrected chi connectivity index (χ3v) is 5.37. The van der Waals surface area contributed by atoms with Gasteiger partial charge in [0.1, 0.15) is 0 Å². The summed E-state index contributed by atoms with van der Waals surface area (Å²) in [6, 6.07) is 2.34. The molecule has 0 saturated carbocycles. The molecular formula is C16H24N2O3S. The molecule has 0 radical (unpaired) electrons. The summed E-state index contributed by atoms with van der Waals surface area (Å²) in [6.07, 6.45) is 2.76. The van der Waals surface area contributed by atoms with Crippen molar-refractivity contribution in [3.63, 3.8) is 0 Å². The van der Waals surface area contributed by atoms with Crippen LogP contribution in [0, 0.1) is 0 Å². The second kappa shape index (κ2) is 7.55. The first-order chi connectivity index (χ1) is 10.8. The number of aliphatic hydroxyl groups is 1. The van der Waals surface area contributed by atoms with Gasteiger partial charge in [0.05, 0.1) is 12.6 Å². The third-order valence-electron chi connectivity index (χ3n) is 4.64. The van der Waals surface area contributed by atoms with Crippen LogP contribution in [-0.4, -0.2) is 65.8 Å². The van der Waals surface area contributed by atoms with E-state index in [1.807, 2.05) is 4.90 Å². The van der Waals surface area contributed by atoms with Crippen LogP contribution in [0.3, 0.4) is 0 Å². The van der Waals surface area contributed by atoms with Gasteiger partial charge in [-0.1, -0.05) is 0 Å². The Balaban J connectivity index is 1.65. The number of aliphatic hydroxyl groups excluding tert-OH is 1. The Bertz CT molecular complexity index is 474. The van der Waals surface area contributed by atoms with E-state index < -0.39 is 0 Å². The fraction of sp³-hybridized carbons (Fsp3) is 0.688. The molecule has 1 aromatic rings. The Hall–Kier alpha value is -0.950. The smallest absolute Gasteiger partial charge is 0.240 e. The maximum Gasteiger partial charge on any atom is 0.240 e. The summed E-state index contributed by atoms with van der Waals surface area (Å²) in [5.41, 5.74) is 1.22. The number of thiophene rings is 1. The van der Waals surface area contributed by atoms with Gasteiger partial charge in [0.2, 0.25) is 5.91 Å². The van der Waals surface area contributed by atoms with Crippen molar-refractivity contribution < 1.29 is 14.6 Å². The number of nitrogens with zero attached hydrogens (tertiary/aromatic N) is 2. The third kappa shape index (κ3) is 3.51. The number of amides is 1. The topological polar surface area (TPSA) is 53.0 Å². The minimum Gasteiger partial charge on any atom is -0.395 e. The average Bonchev–Trinajstić information content (AvgIpc) is 3.17. The summed E-state index contributed by atoms with van der Waals surface area (Å²) in [5.74, 6) is 0.232. The van der Waals surface area contributed by atoms with Gasteiger partial charge in [-0.3, -0.25) is 9.69 Å². The van der Waals surface area contributed by atoms with Gasteiger partial charge in [0, 0.05) is 38.9 Å². The number of carbonyl (C=O) groups is 1. The fourth-order valence-electron chi connectivity index (χ4n) is 3.48. The van der Waals surface area contributed by atoms with E-state index in [-0.39, 0.29) is 18.6 Å². The molecule has 6 heteroatoms. The largest absolute Gasteiger partial charge is 0.395 e. The maximum atomic E-state index is 12.8. The maximum absolute atomic E-state index is 12.8. The van der Waals surface area contributed by atoms with E-state index in [0.29, 0.717) is 12.6 Å². The number of rotatable bonds is 6. The van der Waals surface area contributed by atoms with E-state index in [1.165, 1.54) is 5.56 Å². The number of hydrogen-bond donors (Lipinski definition) is 1. The van der Waals surface area contributed by atoms with Crippen LogP contribution < -0.4 is 0 Å². The Morgan fingerprint density at radius 1 is 1.36 bits per heavy atom. The molecule has 0 bridgehead atoms. The summed E-state index contributed by atoms with van der Waals surface area (Å²) < 4.78 is 5.40. The molecule has 3 rings (SSSR count). The summed E-state index contributed by atoms with van der Waals surface area (Å²) in [7, 11) is 0. The Morgan fingerprint density at radius 2 is 2.18 bits per heavy atom. The molecular weight excluding hydrogens is 300 g/mol. The lowest BCUT2D eigenvalue weighted by Gasteiger charge is -2.32. The van der Waals surface area contributed by atoms with Crippen LogP contribution in [0.4, 0.5) is 0 Å². The molecule has 0 spiro atoms. The SMILES string of the molecule is O=C1C(N(CCO)Cc2ccsc2)CCN1C1CCOCC1. The predicted octanol–water partition coefficient (Wildman–Crippen LogP) is 1.32.